The molecule has 0 atom stereocenters. The summed E-state index contributed by atoms with van der Waals surface area (Å²) in [5.74, 6) is 0.326. The van der Waals surface area contributed by atoms with Gasteiger partial charge < -0.3 is 9.88 Å². The van der Waals surface area contributed by atoms with Gasteiger partial charge in [0.2, 0.25) is 0 Å². The maximum atomic E-state index is 13.2. The molecule has 0 aliphatic rings. The van der Waals surface area contributed by atoms with Gasteiger partial charge in [-0.05, 0) is 49.6 Å². The Hall–Kier alpha value is -3.48. The van der Waals surface area contributed by atoms with Gasteiger partial charge in [-0.2, -0.15) is 0 Å². The molecule has 1 aromatic carbocycles. The highest BCUT2D eigenvalue weighted by Gasteiger charge is 2.16. The molecule has 2 heterocycles. The average molecular weight is 435 g/mol. The van der Waals surface area contributed by atoms with Crippen LogP contribution < -0.4 is 16.1 Å². The number of ketones is 1. The minimum absolute atomic E-state index is 0.113. The van der Waals surface area contributed by atoms with Crippen LogP contribution in [0.5, 0.6) is 0 Å². The van der Waals surface area contributed by atoms with Crippen molar-refractivity contribution in [3.63, 3.8) is 0 Å². The summed E-state index contributed by atoms with van der Waals surface area (Å²) >= 11 is 0. The summed E-state index contributed by atoms with van der Waals surface area (Å²) in [5.41, 5.74) is 2.50. The number of urea groups is 1. The SMILES string of the molecule is CCCCn1cc(C(=O)CCC)c(=O)c2cc(-c3ccc(NC(=O)NCC)nc3)ccc21. The van der Waals surface area contributed by atoms with Crippen LogP contribution in [-0.2, 0) is 6.54 Å². The van der Waals surface area contributed by atoms with Crippen LogP contribution in [0.2, 0.25) is 0 Å². The van der Waals surface area contributed by atoms with Crippen molar-refractivity contribution in [2.24, 2.45) is 0 Å². The van der Waals surface area contributed by atoms with Crippen LogP contribution in [-0.4, -0.2) is 27.9 Å². The molecule has 0 spiro atoms. The van der Waals surface area contributed by atoms with Gasteiger partial charge in [-0.3, -0.25) is 14.9 Å². The van der Waals surface area contributed by atoms with Gasteiger partial charge in [-0.25, -0.2) is 9.78 Å². The highest BCUT2D eigenvalue weighted by molar-refractivity contribution is 5.99. The van der Waals surface area contributed by atoms with Crippen molar-refractivity contribution < 1.29 is 9.59 Å². The van der Waals surface area contributed by atoms with Crippen molar-refractivity contribution in [2.75, 3.05) is 11.9 Å². The number of pyridine rings is 2. The highest BCUT2D eigenvalue weighted by atomic mass is 16.2. The van der Waals surface area contributed by atoms with Gasteiger partial charge in [0.25, 0.3) is 0 Å². The molecule has 32 heavy (non-hydrogen) atoms. The fourth-order valence-corrected chi connectivity index (χ4v) is 3.61. The number of aromatic nitrogens is 2. The molecule has 168 valence electrons. The van der Waals surface area contributed by atoms with E-state index >= 15 is 0 Å². The molecule has 0 aliphatic heterocycles. The molecule has 3 aromatic rings. The smallest absolute Gasteiger partial charge is 0.320 e. The number of anilines is 1. The van der Waals surface area contributed by atoms with Crippen molar-refractivity contribution in [3.8, 4) is 11.1 Å². The molecule has 0 aliphatic carbocycles. The molecule has 0 bridgehead atoms. The lowest BCUT2D eigenvalue weighted by molar-refractivity contribution is 0.0980. The summed E-state index contributed by atoms with van der Waals surface area (Å²) in [7, 11) is 0. The van der Waals surface area contributed by atoms with Crippen molar-refractivity contribution in [1.29, 1.82) is 0 Å². The minimum Gasteiger partial charge on any atom is -0.347 e. The molecular weight excluding hydrogens is 404 g/mol. The topological polar surface area (TPSA) is 93.1 Å². The molecule has 2 aromatic heterocycles. The number of benzene rings is 1. The van der Waals surface area contributed by atoms with Crippen LogP contribution in [0.25, 0.3) is 22.0 Å². The van der Waals surface area contributed by atoms with E-state index in [1.807, 2.05) is 42.7 Å². The largest absolute Gasteiger partial charge is 0.347 e. The summed E-state index contributed by atoms with van der Waals surface area (Å²) in [4.78, 5) is 41.7. The second-order valence-electron chi connectivity index (χ2n) is 7.74. The zero-order valence-electron chi connectivity index (χ0n) is 18.9. The quantitative estimate of drug-likeness (QED) is 0.464. The van der Waals surface area contributed by atoms with Crippen molar-refractivity contribution in [3.05, 3.63) is 58.5 Å². The Morgan fingerprint density at radius 1 is 1.03 bits per heavy atom. The summed E-state index contributed by atoms with van der Waals surface area (Å²) in [6, 6.07) is 8.96. The Morgan fingerprint density at radius 2 is 1.81 bits per heavy atom. The number of hydrogen-bond acceptors (Lipinski definition) is 4. The molecule has 3 rings (SSSR count). The molecular formula is C25H30N4O3. The number of nitrogens with one attached hydrogen (secondary N) is 2. The first-order valence-corrected chi connectivity index (χ1v) is 11.2. The van der Waals surface area contributed by atoms with Gasteiger partial charge in [-0.15, -0.1) is 0 Å². The molecule has 0 fully saturated rings. The van der Waals surface area contributed by atoms with Gasteiger partial charge in [0.1, 0.15) is 5.82 Å². The second kappa shape index (κ2) is 10.7. The molecule has 7 heteroatoms. The summed E-state index contributed by atoms with van der Waals surface area (Å²) < 4.78 is 2.02. The Morgan fingerprint density at radius 3 is 2.47 bits per heavy atom. The zero-order valence-corrected chi connectivity index (χ0v) is 18.9. The number of hydrogen-bond donors (Lipinski definition) is 2. The van der Waals surface area contributed by atoms with E-state index in [0.29, 0.717) is 30.6 Å². The lowest BCUT2D eigenvalue weighted by Crippen LogP contribution is -2.28. The number of carbonyl (C=O) groups is 2. The zero-order chi connectivity index (χ0) is 23.1. The van der Waals surface area contributed by atoms with Crippen LogP contribution >= 0.6 is 0 Å². The van der Waals surface area contributed by atoms with E-state index in [0.717, 1.165) is 36.0 Å². The Bertz CT molecular complexity index is 1170. The van der Waals surface area contributed by atoms with E-state index < -0.39 is 0 Å². The lowest BCUT2D eigenvalue weighted by Gasteiger charge is -2.14. The van der Waals surface area contributed by atoms with E-state index in [-0.39, 0.29) is 22.8 Å². The Labute approximate surface area is 187 Å². The number of Topliss-reactive ketones (excluding diaryl/α,β-unsaturated/α-hetero) is 1. The average Bonchev–Trinajstić information content (AvgIpc) is 2.79. The van der Waals surface area contributed by atoms with Crippen LogP contribution in [0, 0.1) is 0 Å². The van der Waals surface area contributed by atoms with Crippen molar-refractivity contribution >= 4 is 28.5 Å². The van der Waals surface area contributed by atoms with E-state index in [4.69, 9.17) is 0 Å². The molecule has 0 saturated carbocycles. The maximum Gasteiger partial charge on any atom is 0.320 e. The minimum atomic E-state index is -0.310. The molecule has 2 N–H and O–H groups in total. The number of nitrogens with zero attached hydrogens (tertiary/aromatic N) is 2. The third kappa shape index (κ3) is 5.22. The molecule has 2 amide bonds. The lowest BCUT2D eigenvalue weighted by atomic mass is 10.0. The summed E-state index contributed by atoms with van der Waals surface area (Å²) in [6.07, 6.45) is 6.43. The molecule has 0 unspecified atom stereocenters. The second-order valence-corrected chi connectivity index (χ2v) is 7.74. The standard InChI is InChI=1S/C25H30N4O3/c1-4-7-13-29-16-20(22(30)8-5-2)24(31)19-14-17(9-11-21(19)29)18-10-12-23(27-15-18)28-25(32)26-6-3/h9-12,14-16H,4-8,13H2,1-3H3,(H2,26,27,28,32). The molecule has 0 saturated heterocycles. The number of amides is 2. The van der Waals surface area contributed by atoms with Gasteiger partial charge in [0.15, 0.2) is 11.2 Å². The van der Waals surface area contributed by atoms with Crippen LogP contribution in [0.15, 0.2) is 47.5 Å². The van der Waals surface area contributed by atoms with Crippen molar-refractivity contribution in [1.82, 2.24) is 14.9 Å². The number of unbranched alkanes of at least 4 members (excludes halogenated alkanes) is 1. The van der Waals surface area contributed by atoms with Crippen LogP contribution in [0.3, 0.4) is 0 Å². The first-order valence-electron chi connectivity index (χ1n) is 11.2. The monoisotopic (exact) mass is 434 g/mol. The Kier molecular flexibility index (Phi) is 7.76. The fourth-order valence-electron chi connectivity index (χ4n) is 3.61. The highest BCUT2D eigenvalue weighted by Crippen LogP contribution is 2.24. The summed E-state index contributed by atoms with van der Waals surface area (Å²) in [6.45, 7) is 7.17. The van der Waals surface area contributed by atoms with Gasteiger partial charge in [-0.1, -0.05) is 26.3 Å². The van der Waals surface area contributed by atoms with Crippen LogP contribution in [0.4, 0.5) is 10.6 Å². The number of rotatable bonds is 9. The summed E-state index contributed by atoms with van der Waals surface area (Å²) in [5, 5.41) is 5.85. The van der Waals surface area contributed by atoms with E-state index in [1.165, 1.54) is 0 Å². The third-order valence-electron chi connectivity index (χ3n) is 5.29. The predicted molar refractivity (Wildman–Crippen MR) is 128 cm³/mol. The van der Waals surface area contributed by atoms with Gasteiger partial charge >= 0.3 is 6.03 Å². The van der Waals surface area contributed by atoms with Gasteiger partial charge in [0.05, 0.1) is 11.1 Å². The first-order chi connectivity index (χ1) is 15.5. The van der Waals surface area contributed by atoms with E-state index in [2.05, 4.69) is 22.5 Å². The fraction of sp³-hybridized carbons (Fsp3) is 0.360. The van der Waals surface area contributed by atoms with Crippen LogP contribution in [0.1, 0.15) is 56.8 Å². The first kappa shape index (κ1) is 23.2. The predicted octanol–water partition coefficient (Wildman–Crippen LogP) is 4.99. The van der Waals surface area contributed by atoms with E-state index in [9.17, 15) is 14.4 Å². The number of carbonyl (C=O) groups excluding carboxylic acids is 2. The van der Waals surface area contributed by atoms with Gasteiger partial charge in [0, 0.05) is 42.9 Å². The molecule has 0 radical (unpaired) electrons. The number of aryl methyl sites for hydroxylation is 1. The third-order valence-corrected chi connectivity index (χ3v) is 5.29. The van der Waals surface area contributed by atoms with Crippen molar-refractivity contribution in [2.45, 2.75) is 53.0 Å². The normalized spacial score (nSPS) is 10.8. The Balaban J connectivity index is 2.02. The maximum absolute atomic E-state index is 13.2. The number of fused-ring (bicyclic) bond motifs is 1. The van der Waals surface area contributed by atoms with E-state index in [1.54, 1.807) is 18.5 Å². The molecule has 7 nitrogen and oxygen atoms in total.